The summed E-state index contributed by atoms with van der Waals surface area (Å²) in [6.07, 6.45) is 2.56. The van der Waals surface area contributed by atoms with E-state index < -0.39 is 5.41 Å². The molecule has 14 heavy (non-hydrogen) atoms. The molecule has 0 spiro atoms. The van der Waals surface area contributed by atoms with Crippen molar-refractivity contribution in [3.63, 3.8) is 0 Å². The molecule has 0 aliphatic carbocycles. The molecule has 3 nitrogen and oxygen atoms in total. The quantitative estimate of drug-likeness (QED) is 0.741. The number of rotatable bonds is 3. The molecule has 1 saturated heterocycles. The first-order valence-corrected chi connectivity index (χ1v) is 5.44. The van der Waals surface area contributed by atoms with Crippen molar-refractivity contribution in [2.24, 2.45) is 17.1 Å². The molecular formula is C11H22N2O. The highest BCUT2D eigenvalue weighted by molar-refractivity contribution is 5.80. The summed E-state index contributed by atoms with van der Waals surface area (Å²) in [4.78, 5) is 13.5. The molecule has 0 radical (unpaired) electrons. The number of carbonyl (C=O) groups is 1. The Balaban J connectivity index is 2.47. The maximum absolute atomic E-state index is 11.2. The van der Waals surface area contributed by atoms with Gasteiger partial charge in [0.15, 0.2) is 0 Å². The fourth-order valence-electron chi connectivity index (χ4n) is 2.07. The van der Waals surface area contributed by atoms with Gasteiger partial charge in [-0.2, -0.15) is 0 Å². The molecule has 1 aliphatic heterocycles. The van der Waals surface area contributed by atoms with Gasteiger partial charge >= 0.3 is 0 Å². The van der Waals surface area contributed by atoms with Gasteiger partial charge in [0.25, 0.3) is 0 Å². The zero-order chi connectivity index (χ0) is 10.8. The molecule has 0 aromatic rings. The maximum atomic E-state index is 11.2. The molecule has 1 aliphatic rings. The third kappa shape index (κ3) is 2.98. The van der Waals surface area contributed by atoms with Crippen LogP contribution in [-0.2, 0) is 4.79 Å². The minimum absolute atomic E-state index is 0.198. The van der Waals surface area contributed by atoms with Gasteiger partial charge < -0.3 is 10.6 Å². The molecule has 3 heteroatoms. The van der Waals surface area contributed by atoms with Gasteiger partial charge in [-0.1, -0.05) is 6.92 Å². The first kappa shape index (κ1) is 11.5. The van der Waals surface area contributed by atoms with E-state index >= 15 is 0 Å². The van der Waals surface area contributed by atoms with Crippen LogP contribution >= 0.6 is 0 Å². The smallest absolute Gasteiger partial charge is 0.224 e. The Bertz CT molecular complexity index is 213. The van der Waals surface area contributed by atoms with Crippen molar-refractivity contribution >= 4 is 5.91 Å². The minimum atomic E-state index is -0.392. The number of hydrogen-bond donors (Lipinski definition) is 1. The van der Waals surface area contributed by atoms with E-state index in [0.29, 0.717) is 0 Å². The summed E-state index contributed by atoms with van der Waals surface area (Å²) in [5.41, 5.74) is 4.96. The molecule has 1 amide bonds. The number of hydrogen-bond acceptors (Lipinski definition) is 2. The van der Waals surface area contributed by atoms with Gasteiger partial charge in [0.05, 0.1) is 5.41 Å². The van der Waals surface area contributed by atoms with E-state index in [0.717, 1.165) is 25.6 Å². The number of amides is 1. The topological polar surface area (TPSA) is 46.3 Å². The van der Waals surface area contributed by atoms with Crippen LogP contribution in [0.2, 0.25) is 0 Å². The lowest BCUT2D eigenvalue weighted by molar-refractivity contribution is -0.127. The summed E-state index contributed by atoms with van der Waals surface area (Å²) in [6.45, 7) is 9.14. The van der Waals surface area contributed by atoms with Gasteiger partial charge in [-0.25, -0.2) is 0 Å². The Kier molecular flexibility index (Phi) is 3.53. The molecule has 1 unspecified atom stereocenters. The minimum Gasteiger partial charge on any atom is -0.369 e. The standard InChI is InChI=1S/C11H22N2O/c1-9-5-4-6-13(7-9)8-11(2,3)10(12)14/h9H,4-8H2,1-3H3,(H2,12,14). The van der Waals surface area contributed by atoms with E-state index in [1.807, 2.05) is 13.8 Å². The Hall–Kier alpha value is -0.570. The molecule has 2 N–H and O–H groups in total. The van der Waals surface area contributed by atoms with Crippen molar-refractivity contribution in [2.45, 2.75) is 33.6 Å². The molecule has 0 bridgehead atoms. The Morgan fingerprint density at radius 1 is 1.57 bits per heavy atom. The zero-order valence-corrected chi connectivity index (χ0v) is 9.55. The summed E-state index contributed by atoms with van der Waals surface area (Å²) >= 11 is 0. The predicted octanol–water partition coefficient (Wildman–Crippen LogP) is 1.23. The molecular weight excluding hydrogens is 176 g/mol. The summed E-state index contributed by atoms with van der Waals surface area (Å²) in [5.74, 6) is 0.558. The predicted molar refractivity (Wildman–Crippen MR) is 57.8 cm³/mol. The highest BCUT2D eigenvalue weighted by Gasteiger charge is 2.29. The van der Waals surface area contributed by atoms with Crippen molar-refractivity contribution in [2.75, 3.05) is 19.6 Å². The number of likely N-dealkylation sites (tertiary alicyclic amines) is 1. The maximum Gasteiger partial charge on any atom is 0.224 e. The first-order chi connectivity index (χ1) is 6.42. The summed E-state index contributed by atoms with van der Waals surface area (Å²) < 4.78 is 0. The molecule has 0 aromatic carbocycles. The van der Waals surface area contributed by atoms with Gasteiger partial charge in [-0.05, 0) is 39.2 Å². The molecule has 82 valence electrons. The zero-order valence-electron chi connectivity index (χ0n) is 9.55. The molecule has 0 saturated carbocycles. The van der Waals surface area contributed by atoms with Crippen molar-refractivity contribution in [3.05, 3.63) is 0 Å². The fourth-order valence-corrected chi connectivity index (χ4v) is 2.07. The van der Waals surface area contributed by atoms with Crippen LogP contribution in [0.4, 0.5) is 0 Å². The van der Waals surface area contributed by atoms with E-state index in [9.17, 15) is 4.79 Å². The Morgan fingerprint density at radius 3 is 2.71 bits per heavy atom. The van der Waals surface area contributed by atoms with Crippen LogP contribution in [0.3, 0.4) is 0 Å². The van der Waals surface area contributed by atoms with Gasteiger partial charge in [0, 0.05) is 13.1 Å². The highest BCUT2D eigenvalue weighted by Crippen LogP contribution is 2.21. The number of nitrogens with zero attached hydrogens (tertiary/aromatic N) is 1. The van der Waals surface area contributed by atoms with Crippen LogP contribution in [0.15, 0.2) is 0 Å². The van der Waals surface area contributed by atoms with Gasteiger partial charge in [-0.15, -0.1) is 0 Å². The summed E-state index contributed by atoms with van der Waals surface area (Å²) in [5, 5.41) is 0. The Morgan fingerprint density at radius 2 is 2.21 bits per heavy atom. The lowest BCUT2D eigenvalue weighted by atomic mass is 9.90. The lowest BCUT2D eigenvalue weighted by Gasteiger charge is -2.35. The lowest BCUT2D eigenvalue weighted by Crippen LogP contribution is -2.45. The fraction of sp³-hybridized carbons (Fsp3) is 0.909. The van der Waals surface area contributed by atoms with E-state index in [-0.39, 0.29) is 5.91 Å². The van der Waals surface area contributed by atoms with Gasteiger partial charge in [0.2, 0.25) is 5.91 Å². The molecule has 1 rings (SSSR count). The van der Waals surface area contributed by atoms with Crippen LogP contribution in [0.5, 0.6) is 0 Å². The average molecular weight is 198 g/mol. The second-order valence-electron chi connectivity index (χ2n) is 5.23. The monoisotopic (exact) mass is 198 g/mol. The molecule has 0 aromatic heterocycles. The number of primary amides is 1. The van der Waals surface area contributed by atoms with Crippen LogP contribution in [0.25, 0.3) is 0 Å². The number of piperidine rings is 1. The molecule has 1 fully saturated rings. The normalized spacial score (nSPS) is 24.9. The van der Waals surface area contributed by atoms with E-state index in [2.05, 4.69) is 11.8 Å². The van der Waals surface area contributed by atoms with Crippen molar-refractivity contribution < 1.29 is 4.79 Å². The third-order valence-corrected chi connectivity index (χ3v) is 3.03. The average Bonchev–Trinajstić information content (AvgIpc) is 2.02. The van der Waals surface area contributed by atoms with E-state index in [1.54, 1.807) is 0 Å². The van der Waals surface area contributed by atoms with Crippen LogP contribution in [-0.4, -0.2) is 30.4 Å². The van der Waals surface area contributed by atoms with E-state index in [1.165, 1.54) is 12.8 Å². The second-order valence-corrected chi connectivity index (χ2v) is 5.23. The summed E-state index contributed by atoms with van der Waals surface area (Å²) in [7, 11) is 0. The van der Waals surface area contributed by atoms with Crippen LogP contribution in [0.1, 0.15) is 33.6 Å². The van der Waals surface area contributed by atoms with Crippen molar-refractivity contribution in [1.82, 2.24) is 4.90 Å². The summed E-state index contributed by atoms with van der Waals surface area (Å²) in [6, 6.07) is 0. The number of nitrogens with two attached hydrogens (primary N) is 1. The van der Waals surface area contributed by atoms with E-state index in [4.69, 9.17) is 5.73 Å². The van der Waals surface area contributed by atoms with Crippen LogP contribution < -0.4 is 5.73 Å². The first-order valence-electron chi connectivity index (χ1n) is 5.44. The van der Waals surface area contributed by atoms with Crippen molar-refractivity contribution in [3.8, 4) is 0 Å². The number of carbonyl (C=O) groups excluding carboxylic acids is 1. The SMILES string of the molecule is CC1CCCN(CC(C)(C)C(N)=O)C1. The largest absolute Gasteiger partial charge is 0.369 e. The molecule has 1 heterocycles. The van der Waals surface area contributed by atoms with Crippen molar-refractivity contribution in [1.29, 1.82) is 0 Å². The highest BCUT2D eigenvalue weighted by atomic mass is 16.1. The molecule has 1 atom stereocenters. The van der Waals surface area contributed by atoms with Gasteiger partial charge in [-0.3, -0.25) is 4.79 Å². The second kappa shape index (κ2) is 4.30. The Labute approximate surface area is 86.6 Å². The van der Waals surface area contributed by atoms with Gasteiger partial charge in [0.1, 0.15) is 0 Å². The van der Waals surface area contributed by atoms with Crippen LogP contribution in [0, 0.1) is 11.3 Å². The third-order valence-electron chi connectivity index (χ3n) is 3.03.